The van der Waals surface area contributed by atoms with Crippen LogP contribution in [0.5, 0.6) is 0 Å². The summed E-state index contributed by atoms with van der Waals surface area (Å²) < 4.78 is 0. The van der Waals surface area contributed by atoms with Crippen LogP contribution < -0.4 is 0 Å². The van der Waals surface area contributed by atoms with Crippen LogP contribution in [0, 0.1) is 17.8 Å². The highest BCUT2D eigenvalue weighted by Gasteiger charge is 2.23. The minimum absolute atomic E-state index is 0.986. The fraction of sp³-hybridized carbons (Fsp3) is 1.00. The second-order valence-corrected chi connectivity index (χ2v) is 5.84. The molecule has 15 heavy (non-hydrogen) atoms. The summed E-state index contributed by atoms with van der Waals surface area (Å²) in [4.78, 5) is 0. The molecule has 0 aliphatic heterocycles. The molecule has 0 amide bonds. The molecule has 1 aliphatic carbocycles. The molecule has 0 nitrogen and oxygen atoms in total. The molecule has 0 aromatic rings. The van der Waals surface area contributed by atoms with Crippen molar-refractivity contribution in [1.82, 2.24) is 0 Å². The SMILES string of the molecule is CCCCCCCC1CCC(C)C(C)C1. The van der Waals surface area contributed by atoms with E-state index in [9.17, 15) is 0 Å². The minimum atomic E-state index is 0.986. The predicted octanol–water partition coefficient (Wildman–Crippen LogP) is 5.42. The highest BCUT2D eigenvalue weighted by molar-refractivity contribution is 4.75. The lowest BCUT2D eigenvalue weighted by molar-refractivity contribution is 0.197. The molecular weight excluding hydrogens is 180 g/mol. The quantitative estimate of drug-likeness (QED) is 0.514. The smallest absolute Gasteiger partial charge is 0.0412 e. The third-order valence-electron chi connectivity index (χ3n) is 4.42. The van der Waals surface area contributed by atoms with E-state index in [0.717, 1.165) is 17.8 Å². The number of rotatable bonds is 6. The van der Waals surface area contributed by atoms with E-state index in [0.29, 0.717) is 0 Å². The average molecular weight is 210 g/mol. The standard InChI is InChI=1S/C15H30/c1-4-5-6-7-8-9-15-11-10-13(2)14(3)12-15/h13-15H,4-12H2,1-3H3. The van der Waals surface area contributed by atoms with Crippen molar-refractivity contribution >= 4 is 0 Å². The van der Waals surface area contributed by atoms with E-state index in [4.69, 9.17) is 0 Å². The molecule has 3 unspecified atom stereocenters. The van der Waals surface area contributed by atoms with Crippen molar-refractivity contribution in [1.29, 1.82) is 0 Å². The van der Waals surface area contributed by atoms with E-state index in [1.165, 1.54) is 57.8 Å². The second-order valence-electron chi connectivity index (χ2n) is 5.84. The van der Waals surface area contributed by atoms with Gasteiger partial charge in [0.2, 0.25) is 0 Å². The highest BCUT2D eigenvalue weighted by atomic mass is 14.3. The van der Waals surface area contributed by atoms with Gasteiger partial charge in [-0.05, 0) is 24.2 Å². The topological polar surface area (TPSA) is 0 Å². The van der Waals surface area contributed by atoms with E-state index < -0.39 is 0 Å². The van der Waals surface area contributed by atoms with Gasteiger partial charge in [0.1, 0.15) is 0 Å². The van der Waals surface area contributed by atoms with Crippen molar-refractivity contribution in [2.45, 2.75) is 78.6 Å². The van der Waals surface area contributed by atoms with Crippen LogP contribution in [0.4, 0.5) is 0 Å². The maximum atomic E-state index is 2.45. The molecule has 0 aromatic heterocycles. The Bertz CT molecular complexity index is 150. The molecular formula is C15H30. The molecule has 1 rings (SSSR count). The first-order valence-electron chi connectivity index (χ1n) is 7.24. The van der Waals surface area contributed by atoms with Gasteiger partial charge in [-0.3, -0.25) is 0 Å². The lowest BCUT2D eigenvalue weighted by Gasteiger charge is -2.32. The van der Waals surface area contributed by atoms with E-state index in [2.05, 4.69) is 20.8 Å². The van der Waals surface area contributed by atoms with Gasteiger partial charge in [-0.25, -0.2) is 0 Å². The maximum Gasteiger partial charge on any atom is -0.0412 e. The summed E-state index contributed by atoms with van der Waals surface area (Å²) in [5.74, 6) is 3.04. The van der Waals surface area contributed by atoms with Gasteiger partial charge in [-0.15, -0.1) is 0 Å². The van der Waals surface area contributed by atoms with Crippen LogP contribution in [0.25, 0.3) is 0 Å². The normalized spacial score (nSPS) is 31.8. The van der Waals surface area contributed by atoms with Crippen molar-refractivity contribution in [3.8, 4) is 0 Å². The molecule has 3 atom stereocenters. The van der Waals surface area contributed by atoms with Gasteiger partial charge >= 0.3 is 0 Å². The number of hydrogen-bond donors (Lipinski definition) is 0. The molecule has 0 N–H and O–H groups in total. The molecule has 0 spiro atoms. The Balaban J connectivity index is 2.02. The van der Waals surface area contributed by atoms with Gasteiger partial charge in [0.15, 0.2) is 0 Å². The largest absolute Gasteiger partial charge is 0.0654 e. The Labute approximate surface area is 96.8 Å². The van der Waals surface area contributed by atoms with Crippen molar-refractivity contribution in [3.63, 3.8) is 0 Å². The van der Waals surface area contributed by atoms with E-state index >= 15 is 0 Å². The summed E-state index contributed by atoms with van der Waals surface area (Å²) >= 11 is 0. The lowest BCUT2D eigenvalue weighted by atomic mass is 9.74. The monoisotopic (exact) mass is 210 g/mol. The van der Waals surface area contributed by atoms with Crippen molar-refractivity contribution in [2.24, 2.45) is 17.8 Å². The van der Waals surface area contributed by atoms with E-state index in [1.54, 1.807) is 0 Å². The molecule has 0 saturated heterocycles. The predicted molar refractivity (Wildman–Crippen MR) is 69.0 cm³/mol. The first-order chi connectivity index (χ1) is 7.24. The summed E-state index contributed by atoms with van der Waals surface area (Å²) in [7, 11) is 0. The van der Waals surface area contributed by atoms with Crippen molar-refractivity contribution in [3.05, 3.63) is 0 Å². The van der Waals surface area contributed by atoms with Crippen LogP contribution in [0.2, 0.25) is 0 Å². The Morgan fingerprint density at radius 3 is 2.27 bits per heavy atom. The molecule has 0 aromatic carbocycles. The zero-order chi connectivity index (χ0) is 11.1. The van der Waals surface area contributed by atoms with Gasteiger partial charge in [0.25, 0.3) is 0 Å². The molecule has 0 heteroatoms. The molecule has 1 fully saturated rings. The number of unbranched alkanes of at least 4 members (excludes halogenated alkanes) is 4. The van der Waals surface area contributed by atoms with E-state index in [1.807, 2.05) is 0 Å². The van der Waals surface area contributed by atoms with Crippen LogP contribution >= 0.6 is 0 Å². The second kappa shape index (κ2) is 7.30. The zero-order valence-corrected chi connectivity index (χ0v) is 11.1. The minimum Gasteiger partial charge on any atom is -0.0654 e. The highest BCUT2D eigenvalue weighted by Crippen LogP contribution is 2.35. The third kappa shape index (κ3) is 5.04. The third-order valence-corrected chi connectivity index (χ3v) is 4.42. The van der Waals surface area contributed by atoms with Gasteiger partial charge < -0.3 is 0 Å². The fourth-order valence-corrected chi connectivity index (χ4v) is 2.96. The summed E-state index contributed by atoms with van der Waals surface area (Å²) in [5, 5.41) is 0. The van der Waals surface area contributed by atoms with Crippen LogP contribution in [0.3, 0.4) is 0 Å². The van der Waals surface area contributed by atoms with Gasteiger partial charge in [0.05, 0.1) is 0 Å². The molecule has 0 heterocycles. The average Bonchev–Trinajstić information content (AvgIpc) is 2.23. The van der Waals surface area contributed by atoms with Gasteiger partial charge in [-0.2, -0.15) is 0 Å². The lowest BCUT2D eigenvalue weighted by Crippen LogP contribution is -2.20. The first-order valence-corrected chi connectivity index (χ1v) is 7.24. The first kappa shape index (κ1) is 13.1. The Hall–Kier alpha value is 0. The van der Waals surface area contributed by atoms with Gasteiger partial charge in [-0.1, -0.05) is 72.1 Å². The van der Waals surface area contributed by atoms with Crippen molar-refractivity contribution in [2.75, 3.05) is 0 Å². The Morgan fingerprint density at radius 1 is 0.867 bits per heavy atom. The molecule has 90 valence electrons. The van der Waals surface area contributed by atoms with E-state index in [-0.39, 0.29) is 0 Å². The maximum absolute atomic E-state index is 2.45. The Morgan fingerprint density at radius 2 is 1.60 bits per heavy atom. The molecule has 0 bridgehead atoms. The number of hydrogen-bond acceptors (Lipinski definition) is 0. The van der Waals surface area contributed by atoms with Crippen molar-refractivity contribution < 1.29 is 0 Å². The Kier molecular flexibility index (Phi) is 6.36. The molecule has 0 radical (unpaired) electrons. The van der Waals surface area contributed by atoms with Crippen LogP contribution in [0.1, 0.15) is 78.6 Å². The fourth-order valence-electron chi connectivity index (χ4n) is 2.96. The van der Waals surface area contributed by atoms with Crippen LogP contribution in [-0.4, -0.2) is 0 Å². The summed E-state index contributed by atoms with van der Waals surface area (Å²) in [6, 6.07) is 0. The molecule has 1 aliphatic rings. The summed E-state index contributed by atoms with van der Waals surface area (Å²) in [5.41, 5.74) is 0. The molecule has 1 saturated carbocycles. The summed E-state index contributed by atoms with van der Waals surface area (Å²) in [6.45, 7) is 7.18. The van der Waals surface area contributed by atoms with Crippen LogP contribution in [-0.2, 0) is 0 Å². The zero-order valence-electron chi connectivity index (χ0n) is 11.1. The van der Waals surface area contributed by atoms with Crippen LogP contribution in [0.15, 0.2) is 0 Å². The van der Waals surface area contributed by atoms with Gasteiger partial charge in [0, 0.05) is 0 Å². The summed E-state index contributed by atoms with van der Waals surface area (Å²) in [6.07, 6.45) is 13.3.